The van der Waals surface area contributed by atoms with Gasteiger partial charge in [0.1, 0.15) is 0 Å². The molecular weight excluding hydrogens is 225 g/mol. The maximum atomic E-state index is 13.7. The number of hydrogen-bond acceptors (Lipinski definition) is 1. The number of nitrogens with one attached hydrogen (secondary N) is 1. The van der Waals surface area contributed by atoms with E-state index in [0.717, 1.165) is 0 Å². The van der Waals surface area contributed by atoms with Crippen LogP contribution in [0.2, 0.25) is 5.02 Å². The largest absolute Gasteiger partial charge is 0.380 e. The summed E-state index contributed by atoms with van der Waals surface area (Å²) in [6.07, 6.45) is 5.09. The van der Waals surface area contributed by atoms with E-state index in [1.165, 1.54) is 25.7 Å². The lowest BCUT2D eigenvalue weighted by Gasteiger charge is -2.22. The molecule has 2 rings (SSSR count). The lowest BCUT2D eigenvalue weighted by Crippen LogP contribution is -2.24. The SMILES string of the molecule is CC(Nc1cccc(Cl)c1F)C1CCCC1. The van der Waals surface area contributed by atoms with Crippen LogP contribution in [0.1, 0.15) is 32.6 Å². The van der Waals surface area contributed by atoms with Crippen molar-refractivity contribution in [1.29, 1.82) is 0 Å². The van der Waals surface area contributed by atoms with Crippen LogP contribution in [0.25, 0.3) is 0 Å². The van der Waals surface area contributed by atoms with Crippen molar-refractivity contribution in [2.24, 2.45) is 5.92 Å². The Morgan fingerprint density at radius 2 is 2.06 bits per heavy atom. The van der Waals surface area contributed by atoms with Gasteiger partial charge in [0.15, 0.2) is 5.82 Å². The van der Waals surface area contributed by atoms with Crippen molar-refractivity contribution in [1.82, 2.24) is 0 Å². The molecule has 1 N–H and O–H groups in total. The average molecular weight is 242 g/mol. The molecule has 0 aromatic heterocycles. The molecule has 1 atom stereocenters. The quantitative estimate of drug-likeness (QED) is 0.823. The van der Waals surface area contributed by atoms with Crippen LogP contribution in [0.4, 0.5) is 10.1 Å². The van der Waals surface area contributed by atoms with E-state index in [9.17, 15) is 4.39 Å². The summed E-state index contributed by atoms with van der Waals surface area (Å²) in [6.45, 7) is 2.12. The van der Waals surface area contributed by atoms with Crippen molar-refractivity contribution >= 4 is 17.3 Å². The first-order chi connectivity index (χ1) is 7.68. The Morgan fingerprint density at radius 1 is 1.38 bits per heavy atom. The molecule has 3 heteroatoms. The van der Waals surface area contributed by atoms with Crippen LogP contribution >= 0.6 is 11.6 Å². The summed E-state index contributed by atoms with van der Waals surface area (Å²) in [6, 6.07) is 5.40. The Bertz CT molecular complexity index is 361. The molecule has 0 aliphatic heterocycles. The molecule has 1 nitrogen and oxygen atoms in total. The lowest BCUT2D eigenvalue weighted by atomic mass is 9.99. The molecular formula is C13H17ClFN. The summed E-state index contributed by atoms with van der Waals surface area (Å²) in [5.41, 5.74) is 0.520. The second-order valence-corrected chi connectivity index (χ2v) is 4.99. The summed E-state index contributed by atoms with van der Waals surface area (Å²) in [5, 5.41) is 3.42. The minimum atomic E-state index is -0.339. The smallest absolute Gasteiger partial charge is 0.164 e. The fourth-order valence-corrected chi connectivity index (χ4v) is 2.61. The molecule has 88 valence electrons. The number of rotatable bonds is 3. The maximum Gasteiger partial charge on any atom is 0.164 e. The van der Waals surface area contributed by atoms with Gasteiger partial charge >= 0.3 is 0 Å². The number of anilines is 1. The van der Waals surface area contributed by atoms with E-state index >= 15 is 0 Å². The monoisotopic (exact) mass is 241 g/mol. The fraction of sp³-hybridized carbons (Fsp3) is 0.538. The van der Waals surface area contributed by atoms with Gasteiger partial charge in [-0.15, -0.1) is 0 Å². The third kappa shape index (κ3) is 2.49. The topological polar surface area (TPSA) is 12.0 Å². The van der Waals surface area contributed by atoms with Gasteiger partial charge in [-0.3, -0.25) is 0 Å². The first-order valence-corrected chi connectivity index (χ1v) is 6.27. The van der Waals surface area contributed by atoms with E-state index in [2.05, 4.69) is 12.2 Å². The molecule has 1 saturated carbocycles. The third-order valence-corrected chi connectivity index (χ3v) is 3.73. The van der Waals surface area contributed by atoms with Crippen LogP contribution in [-0.4, -0.2) is 6.04 Å². The number of hydrogen-bond donors (Lipinski definition) is 1. The first-order valence-electron chi connectivity index (χ1n) is 5.89. The standard InChI is InChI=1S/C13H17ClFN/c1-9(10-5-2-3-6-10)16-12-8-4-7-11(14)13(12)15/h4,7-10,16H,2-3,5-6H2,1H3. The van der Waals surface area contributed by atoms with Crippen molar-refractivity contribution in [3.63, 3.8) is 0 Å². The highest BCUT2D eigenvalue weighted by Crippen LogP contribution is 2.30. The molecule has 16 heavy (non-hydrogen) atoms. The molecule has 0 saturated heterocycles. The molecule has 0 radical (unpaired) electrons. The van der Waals surface area contributed by atoms with Crippen LogP contribution in [-0.2, 0) is 0 Å². The summed E-state index contributed by atoms with van der Waals surface area (Å²) in [4.78, 5) is 0. The van der Waals surface area contributed by atoms with Crippen LogP contribution < -0.4 is 5.32 Å². The molecule has 1 aliphatic carbocycles. The van der Waals surface area contributed by atoms with Gasteiger partial charge in [-0.25, -0.2) is 4.39 Å². The third-order valence-electron chi connectivity index (χ3n) is 3.44. The van der Waals surface area contributed by atoms with Crippen molar-refractivity contribution in [2.75, 3.05) is 5.32 Å². The molecule has 1 aromatic rings. The Labute approximate surface area is 101 Å². The Morgan fingerprint density at radius 3 is 2.75 bits per heavy atom. The van der Waals surface area contributed by atoms with Gasteiger partial charge in [0.2, 0.25) is 0 Å². The van der Waals surface area contributed by atoms with Crippen LogP contribution in [0.5, 0.6) is 0 Å². The Kier molecular flexibility index (Phi) is 3.70. The Hall–Kier alpha value is -0.760. The Balaban J connectivity index is 2.05. The summed E-state index contributed by atoms with van der Waals surface area (Å²) in [7, 11) is 0. The molecule has 0 amide bonds. The predicted octanol–water partition coefficient (Wildman–Crippen LogP) is 4.47. The van der Waals surface area contributed by atoms with Gasteiger partial charge in [0, 0.05) is 6.04 Å². The van der Waals surface area contributed by atoms with Crippen LogP contribution in [0, 0.1) is 11.7 Å². The van der Waals surface area contributed by atoms with E-state index in [4.69, 9.17) is 11.6 Å². The van der Waals surface area contributed by atoms with Crippen molar-refractivity contribution < 1.29 is 4.39 Å². The van der Waals surface area contributed by atoms with Gasteiger partial charge in [-0.1, -0.05) is 30.5 Å². The van der Waals surface area contributed by atoms with Gasteiger partial charge in [0.05, 0.1) is 10.7 Å². The van der Waals surface area contributed by atoms with Gasteiger partial charge in [-0.2, -0.15) is 0 Å². The lowest BCUT2D eigenvalue weighted by molar-refractivity contribution is 0.479. The molecule has 1 unspecified atom stereocenters. The summed E-state index contributed by atoms with van der Waals surface area (Å²) in [5.74, 6) is 0.326. The summed E-state index contributed by atoms with van der Waals surface area (Å²) >= 11 is 5.74. The zero-order valence-electron chi connectivity index (χ0n) is 9.47. The minimum Gasteiger partial charge on any atom is -0.380 e. The van der Waals surface area contributed by atoms with Crippen molar-refractivity contribution in [3.8, 4) is 0 Å². The highest BCUT2D eigenvalue weighted by Gasteiger charge is 2.22. The average Bonchev–Trinajstić information content (AvgIpc) is 2.78. The molecule has 0 spiro atoms. The first kappa shape index (κ1) is 11.7. The van der Waals surface area contributed by atoms with E-state index in [-0.39, 0.29) is 10.8 Å². The maximum absolute atomic E-state index is 13.7. The minimum absolute atomic E-state index is 0.184. The number of benzene rings is 1. The number of halogens is 2. The second-order valence-electron chi connectivity index (χ2n) is 4.58. The van der Waals surface area contributed by atoms with Crippen molar-refractivity contribution in [3.05, 3.63) is 29.0 Å². The molecule has 1 aromatic carbocycles. The van der Waals surface area contributed by atoms with E-state index < -0.39 is 0 Å². The van der Waals surface area contributed by atoms with Crippen LogP contribution in [0.3, 0.4) is 0 Å². The highest BCUT2D eigenvalue weighted by atomic mass is 35.5. The zero-order valence-corrected chi connectivity index (χ0v) is 10.2. The second kappa shape index (κ2) is 5.05. The predicted molar refractivity (Wildman–Crippen MR) is 66.5 cm³/mol. The van der Waals surface area contributed by atoms with Gasteiger partial charge in [0.25, 0.3) is 0 Å². The molecule has 0 heterocycles. The van der Waals surface area contributed by atoms with E-state index in [1.54, 1.807) is 18.2 Å². The van der Waals surface area contributed by atoms with Gasteiger partial charge in [-0.05, 0) is 37.8 Å². The fourth-order valence-electron chi connectivity index (χ4n) is 2.44. The molecule has 1 fully saturated rings. The van der Waals surface area contributed by atoms with Crippen LogP contribution in [0.15, 0.2) is 18.2 Å². The summed E-state index contributed by atoms with van der Waals surface area (Å²) < 4.78 is 13.7. The van der Waals surface area contributed by atoms with Gasteiger partial charge < -0.3 is 5.32 Å². The zero-order chi connectivity index (χ0) is 11.5. The van der Waals surface area contributed by atoms with E-state index in [1.807, 2.05) is 0 Å². The molecule has 0 bridgehead atoms. The normalized spacial score (nSPS) is 18.7. The highest BCUT2D eigenvalue weighted by molar-refractivity contribution is 6.31. The molecule has 1 aliphatic rings. The van der Waals surface area contributed by atoms with Crippen molar-refractivity contribution in [2.45, 2.75) is 38.6 Å². The van der Waals surface area contributed by atoms with E-state index in [0.29, 0.717) is 17.6 Å².